The van der Waals surface area contributed by atoms with E-state index in [1.54, 1.807) is 18.2 Å². The molecule has 27 heavy (non-hydrogen) atoms. The number of carbonyl (C=O) groups excluding carboxylic acids is 1. The number of ether oxygens (including phenoxy) is 2. The summed E-state index contributed by atoms with van der Waals surface area (Å²) in [7, 11) is 2.66. The third-order valence-corrected chi connectivity index (χ3v) is 3.91. The minimum absolute atomic E-state index is 0.0770. The molecule has 2 aromatic carbocycles. The van der Waals surface area contributed by atoms with Crippen molar-refractivity contribution in [3.8, 4) is 5.75 Å². The average molecular weight is 408 g/mol. The molecule has 7 heteroatoms. The second-order valence-corrected chi connectivity index (χ2v) is 6.53. The highest BCUT2D eigenvalue weighted by Gasteiger charge is 2.19. The lowest BCUT2D eigenvalue weighted by Crippen LogP contribution is -2.19. The molecular formula is C20H19Cl2NO4. The van der Waals surface area contributed by atoms with Gasteiger partial charge in [0.1, 0.15) is 24.0 Å². The van der Waals surface area contributed by atoms with Gasteiger partial charge >= 0.3 is 5.97 Å². The Morgan fingerprint density at radius 3 is 2.52 bits per heavy atom. The number of rotatable bonds is 7. The molecule has 0 aromatic heterocycles. The van der Waals surface area contributed by atoms with Gasteiger partial charge in [0.25, 0.3) is 0 Å². The zero-order valence-electron chi connectivity index (χ0n) is 15.2. The van der Waals surface area contributed by atoms with Crippen LogP contribution in [0.2, 0.25) is 0 Å². The molecule has 0 aliphatic rings. The van der Waals surface area contributed by atoms with Gasteiger partial charge in [-0.3, -0.25) is 0 Å². The number of benzene rings is 2. The second-order valence-electron chi connectivity index (χ2n) is 5.52. The number of hydrogen-bond acceptors (Lipinski definition) is 5. The van der Waals surface area contributed by atoms with Crippen LogP contribution in [-0.4, -0.2) is 25.9 Å². The first-order valence-electron chi connectivity index (χ1n) is 8.00. The number of carbonyl (C=O) groups is 1. The number of nitrogens with zero attached hydrogens (tertiary/aromatic N) is 1. The van der Waals surface area contributed by atoms with Crippen LogP contribution in [0.25, 0.3) is 6.08 Å². The number of halogens is 2. The fourth-order valence-corrected chi connectivity index (χ4v) is 2.72. The highest BCUT2D eigenvalue weighted by molar-refractivity contribution is 6.57. The molecule has 0 bridgehead atoms. The first-order chi connectivity index (χ1) is 13.0. The minimum Gasteiger partial charge on any atom is -0.489 e. The Morgan fingerprint density at radius 1 is 1.15 bits per heavy atom. The van der Waals surface area contributed by atoms with Gasteiger partial charge in [-0.1, -0.05) is 58.7 Å². The van der Waals surface area contributed by atoms with Crippen LogP contribution in [0.3, 0.4) is 0 Å². The number of methoxy groups -OCH3 is 1. The maximum atomic E-state index is 12.0. The predicted octanol–water partition coefficient (Wildman–Crippen LogP) is 4.87. The third kappa shape index (κ3) is 5.74. The van der Waals surface area contributed by atoms with E-state index in [0.717, 1.165) is 16.7 Å². The first kappa shape index (κ1) is 20.8. The summed E-state index contributed by atoms with van der Waals surface area (Å²) in [5.41, 5.74) is 3.23. The van der Waals surface area contributed by atoms with E-state index in [2.05, 4.69) is 5.16 Å². The van der Waals surface area contributed by atoms with Crippen LogP contribution in [-0.2, 0) is 21.0 Å². The lowest BCUT2D eigenvalue weighted by Gasteiger charge is -2.13. The Balaban J connectivity index is 2.26. The molecule has 0 spiro atoms. The van der Waals surface area contributed by atoms with Crippen molar-refractivity contribution in [2.75, 3.05) is 14.2 Å². The van der Waals surface area contributed by atoms with Gasteiger partial charge in [0.05, 0.1) is 7.11 Å². The molecule has 2 aromatic rings. The third-order valence-electron chi connectivity index (χ3n) is 3.69. The van der Waals surface area contributed by atoms with E-state index in [1.165, 1.54) is 14.2 Å². The summed E-state index contributed by atoms with van der Waals surface area (Å²) in [6.07, 6.45) is 1.65. The highest BCUT2D eigenvalue weighted by atomic mass is 35.5. The lowest BCUT2D eigenvalue weighted by molar-refractivity contribution is -0.132. The van der Waals surface area contributed by atoms with Gasteiger partial charge in [0.15, 0.2) is 5.71 Å². The van der Waals surface area contributed by atoms with Crippen molar-refractivity contribution < 1.29 is 19.1 Å². The zero-order valence-corrected chi connectivity index (χ0v) is 16.7. The summed E-state index contributed by atoms with van der Waals surface area (Å²) >= 11 is 11.4. The molecule has 0 amide bonds. The van der Waals surface area contributed by atoms with Gasteiger partial charge in [-0.05, 0) is 41.8 Å². The molecule has 0 heterocycles. The minimum atomic E-state index is -0.588. The first-order valence-corrected chi connectivity index (χ1v) is 8.75. The summed E-state index contributed by atoms with van der Waals surface area (Å²) in [6.45, 7) is 2.16. The fourth-order valence-electron chi connectivity index (χ4n) is 2.47. The molecule has 0 saturated heterocycles. The summed E-state index contributed by atoms with van der Waals surface area (Å²) < 4.78 is 10.9. The molecule has 0 atom stereocenters. The zero-order chi connectivity index (χ0) is 19.8. The number of oxime groups is 1. The summed E-state index contributed by atoms with van der Waals surface area (Å²) in [6, 6.07) is 12.9. The van der Waals surface area contributed by atoms with Crippen LogP contribution in [0.4, 0.5) is 0 Å². The Morgan fingerprint density at radius 2 is 1.89 bits per heavy atom. The van der Waals surface area contributed by atoms with Crippen LogP contribution >= 0.6 is 23.2 Å². The predicted molar refractivity (Wildman–Crippen MR) is 107 cm³/mol. The van der Waals surface area contributed by atoms with Crippen LogP contribution in [0.5, 0.6) is 5.75 Å². The maximum absolute atomic E-state index is 12.0. The summed E-state index contributed by atoms with van der Waals surface area (Å²) in [5, 5.41) is 3.79. The van der Waals surface area contributed by atoms with Crippen LogP contribution in [0, 0.1) is 6.92 Å². The Hall–Kier alpha value is -2.50. The molecule has 5 nitrogen and oxygen atoms in total. The van der Waals surface area contributed by atoms with Crippen molar-refractivity contribution in [2.24, 2.45) is 5.16 Å². The van der Waals surface area contributed by atoms with Crippen LogP contribution in [0.1, 0.15) is 22.3 Å². The number of hydrogen-bond donors (Lipinski definition) is 0. The van der Waals surface area contributed by atoms with Crippen molar-refractivity contribution in [1.29, 1.82) is 0 Å². The SMILES string of the molecule is CON=C(C(=O)OC)c1ccccc1COc1ccc(C=C(Cl)Cl)cc1C. The average Bonchev–Trinajstić information content (AvgIpc) is 2.65. The van der Waals surface area contributed by atoms with Crippen molar-refractivity contribution >= 4 is 41.0 Å². The Labute approximate surface area is 168 Å². The molecule has 0 radical (unpaired) electrons. The molecule has 0 unspecified atom stereocenters. The maximum Gasteiger partial charge on any atom is 0.360 e. The highest BCUT2D eigenvalue weighted by Crippen LogP contribution is 2.24. The van der Waals surface area contributed by atoms with E-state index in [9.17, 15) is 4.79 Å². The Kier molecular flexibility index (Phi) is 7.70. The summed E-state index contributed by atoms with van der Waals surface area (Å²) in [4.78, 5) is 16.8. The van der Waals surface area contributed by atoms with Crippen molar-refractivity contribution in [3.05, 3.63) is 69.2 Å². The van der Waals surface area contributed by atoms with Gasteiger partial charge in [-0.15, -0.1) is 0 Å². The molecule has 0 aliphatic carbocycles. The molecule has 142 valence electrons. The summed E-state index contributed by atoms with van der Waals surface area (Å²) in [5.74, 6) is 0.116. The monoisotopic (exact) mass is 407 g/mol. The fraction of sp³-hybridized carbons (Fsp3) is 0.200. The molecule has 0 fully saturated rings. The molecular weight excluding hydrogens is 389 g/mol. The smallest absolute Gasteiger partial charge is 0.360 e. The largest absolute Gasteiger partial charge is 0.489 e. The molecule has 0 saturated carbocycles. The van der Waals surface area contributed by atoms with Crippen LogP contribution in [0.15, 0.2) is 52.1 Å². The molecule has 2 rings (SSSR count). The van der Waals surface area contributed by atoms with Crippen LogP contribution < -0.4 is 4.74 Å². The molecule has 0 aliphatic heterocycles. The quantitative estimate of drug-likeness (QED) is 0.373. The van der Waals surface area contributed by atoms with E-state index in [1.807, 2.05) is 37.3 Å². The van der Waals surface area contributed by atoms with Gasteiger partial charge in [-0.25, -0.2) is 4.79 Å². The number of esters is 1. The lowest BCUT2D eigenvalue weighted by atomic mass is 10.0. The molecule has 0 N–H and O–H groups in total. The van der Waals surface area contributed by atoms with Crippen molar-refractivity contribution in [2.45, 2.75) is 13.5 Å². The van der Waals surface area contributed by atoms with E-state index >= 15 is 0 Å². The van der Waals surface area contributed by atoms with E-state index < -0.39 is 5.97 Å². The number of aryl methyl sites for hydroxylation is 1. The topological polar surface area (TPSA) is 57.1 Å². The normalized spacial score (nSPS) is 10.9. The van der Waals surface area contributed by atoms with E-state index in [0.29, 0.717) is 11.3 Å². The van der Waals surface area contributed by atoms with E-state index in [-0.39, 0.29) is 16.8 Å². The van der Waals surface area contributed by atoms with E-state index in [4.69, 9.17) is 37.5 Å². The standard InChI is InChI=1S/C20H19Cl2NO4/c1-13-10-14(11-18(21)22)8-9-17(13)27-12-15-6-4-5-7-16(15)19(23-26-3)20(24)25-2/h4-11H,12H2,1-3H3. The van der Waals surface area contributed by atoms with Crippen molar-refractivity contribution in [1.82, 2.24) is 0 Å². The second kappa shape index (κ2) is 10.00. The Bertz CT molecular complexity index is 874. The van der Waals surface area contributed by atoms with Gasteiger partial charge < -0.3 is 14.3 Å². The van der Waals surface area contributed by atoms with Crippen molar-refractivity contribution in [3.63, 3.8) is 0 Å². The van der Waals surface area contributed by atoms with Gasteiger partial charge in [-0.2, -0.15) is 0 Å². The van der Waals surface area contributed by atoms with Gasteiger partial charge in [0, 0.05) is 5.56 Å². The van der Waals surface area contributed by atoms with Gasteiger partial charge in [0.2, 0.25) is 0 Å².